The second-order valence-corrected chi connectivity index (χ2v) is 4.97. The maximum atomic E-state index is 11.0. The Labute approximate surface area is 105 Å². The molecule has 1 aromatic carbocycles. The summed E-state index contributed by atoms with van der Waals surface area (Å²) < 4.78 is 0. The molecule has 0 amide bonds. The van der Waals surface area contributed by atoms with Gasteiger partial charge in [0.25, 0.3) is 5.69 Å². The Morgan fingerprint density at radius 2 is 2.06 bits per heavy atom. The number of hydrogen-bond donors (Lipinski definition) is 1. The number of benzene rings is 1. The molecule has 1 aliphatic carbocycles. The standard InChI is InChI=1S/C12H15ClN2O2/c13-9-5-6-11(15(16)17)10(7-9)12(14)8-3-1-2-4-8/h5-8,12H,1-4,14H2/t12-/m0/s1. The normalized spacial score (nSPS) is 18.2. The molecule has 0 radical (unpaired) electrons. The molecule has 1 aliphatic rings. The van der Waals surface area contributed by atoms with E-state index in [1.165, 1.54) is 12.1 Å². The van der Waals surface area contributed by atoms with Crippen molar-refractivity contribution >= 4 is 17.3 Å². The number of nitrogens with zero attached hydrogens (tertiary/aromatic N) is 1. The average Bonchev–Trinajstić information content (AvgIpc) is 2.80. The topological polar surface area (TPSA) is 69.2 Å². The van der Waals surface area contributed by atoms with E-state index in [0.717, 1.165) is 25.7 Å². The van der Waals surface area contributed by atoms with Crippen LogP contribution in [0, 0.1) is 16.0 Å². The molecule has 0 spiro atoms. The Bertz CT molecular complexity index is 431. The monoisotopic (exact) mass is 254 g/mol. The smallest absolute Gasteiger partial charge is 0.274 e. The van der Waals surface area contributed by atoms with Crippen molar-refractivity contribution in [3.8, 4) is 0 Å². The van der Waals surface area contributed by atoms with Gasteiger partial charge in [0, 0.05) is 22.7 Å². The first kappa shape index (κ1) is 12.3. The van der Waals surface area contributed by atoms with Crippen molar-refractivity contribution in [3.05, 3.63) is 38.9 Å². The van der Waals surface area contributed by atoms with Gasteiger partial charge in [-0.3, -0.25) is 10.1 Å². The van der Waals surface area contributed by atoms with E-state index in [2.05, 4.69) is 0 Å². The molecule has 1 saturated carbocycles. The number of nitro groups is 1. The van der Waals surface area contributed by atoms with E-state index in [9.17, 15) is 10.1 Å². The summed E-state index contributed by atoms with van der Waals surface area (Å²) in [4.78, 5) is 10.6. The third-order valence-electron chi connectivity index (χ3n) is 3.45. The molecule has 5 heteroatoms. The summed E-state index contributed by atoms with van der Waals surface area (Å²) in [5.41, 5.74) is 6.79. The lowest BCUT2D eigenvalue weighted by atomic mass is 9.91. The fourth-order valence-corrected chi connectivity index (χ4v) is 2.71. The van der Waals surface area contributed by atoms with Crippen molar-refractivity contribution < 1.29 is 4.92 Å². The molecule has 92 valence electrons. The van der Waals surface area contributed by atoms with Crippen molar-refractivity contribution in [1.82, 2.24) is 0 Å². The number of halogens is 1. The van der Waals surface area contributed by atoms with E-state index in [4.69, 9.17) is 17.3 Å². The first-order chi connectivity index (χ1) is 8.09. The molecular weight excluding hydrogens is 240 g/mol. The molecule has 1 atom stereocenters. The van der Waals surface area contributed by atoms with Gasteiger partial charge in [0.15, 0.2) is 0 Å². The van der Waals surface area contributed by atoms with Crippen LogP contribution in [-0.2, 0) is 0 Å². The van der Waals surface area contributed by atoms with Crippen LogP contribution in [-0.4, -0.2) is 4.92 Å². The summed E-state index contributed by atoms with van der Waals surface area (Å²) in [5.74, 6) is 0.340. The summed E-state index contributed by atoms with van der Waals surface area (Å²) in [6.45, 7) is 0. The van der Waals surface area contributed by atoms with Crippen LogP contribution in [0.15, 0.2) is 18.2 Å². The zero-order valence-electron chi connectivity index (χ0n) is 9.43. The highest BCUT2D eigenvalue weighted by molar-refractivity contribution is 6.30. The molecule has 1 aromatic rings. The fraction of sp³-hybridized carbons (Fsp3) is 0.500. The maximum absolute atomic E-state index is 11.0. The Hall–Kier alpha value is -1.13. The van der Waals surface area contributed by atoms with Gasteiger partial charge in [-0.15, -0.1) is 0 Å². The van der Waals surface area contributed by atoms with Crippen LogP contribution >= 0.6 is 11.6 Å². The van der Waals surface area contributed by atoms with Crippen LogP contribution in [0.3, 0.4) is 0 Å². The van der Waals surface area contributed by atoms with Crippen molar-refractivity contribution in [1.29, 1.82) is 0 Å². The summed E-state index contributed by atoms with van der Waals surface area (Å²) in [6, 6.07) is 4.32. The lowest BCUT2D eigenvalue weighted by Gasteiger charge is -2.19. The third-order valence-corrected chi connectivity index (χ3v) is 3.69. The van der Waals surface area contributed by atoms with Crippen LogP contribution in [0.5, 0.6) is 0 Å². The van der Waals surface area contributed by atoms with Crippen LogP contribution in [0.2, 0.25) is 5.02 Å². The van der Waals surface area contributed by atoms with Crippen LogP contribution in [0.25, 0.3) is 0 Å². The highest BCUT2D eigenvalue weighted by atomic mass is 35.5. The molecule has 17 heavy (non-hydrogen) atoms. The van der Waals surface area contributed by atoms with Crippen molar-refractivity contribution in [2.24, 2.45) is 11.7 Å². The molecular formula is C12H15ClN2O2. The van der Waals surface area contributed by atoms with E-state index < -0.39 is 0 Å². The maximum Gasteiger partial charge on any atom is 0.274 e. The predicted octanol–water partition coefficient (Wildman–Crippen LogP) is 3.44. The second kappa shape index (κ2) is 5.02. The molecule has 0 heterocycles. The minimum atomic E-state index is -0.388. The predicted molar refractivity (Wildman–Crippen MR) is 67.0 cm³/mol. The van der Waals surface area contributed by atoms with Gasteiger partial charge in [-0.05, 0) is 30.9 Å². The quantitative estimate of drug-likeness (QED) is 0.664. The van der Waals surface area contributed by atoms with E-state index in [1.807, 2.05) is 0 Å². The largest absolute Gasteiger partial charge is 0.324 e. The average molecular weight is 255 g/mol. The SMILES string of the molecule is N[C@H](c1cc(Cl)ccc1[N+](=O)[O-])C1CCCC1. The highest BCUT2D eigenvalue weighted by Gasteiger charge is 2.28. The van der Waals surface area contributed by atoms with Crippen LogP contribution in [0.1, 0.15) is 37.3 Å². The summed E-state index contributed by atoms with van der Waals surface area (Å²) in [5, 5.41) is 11.5. The number of nitro benzene ring substituents is 1. The van der Waals surface area contributed by atoms with Gasteiger partial charge in [0.1, 0.15) is 0 Å². The molecule has 2 rings (SSSR count). The number of rotatable bonds is 3. The minimum absolute atomic E-state index is 0.0776. The minimum Gasteiger partial charge on any atom is -0.324 e. The second-order valence-electron chi connectivity index (χ2n) is 4.53. The lowest BCUT2D eigenvalue weighted by Crippen LogP contribution is -2.20. The van der Waals surface area contributed by atoms with Gasteiger partial charge >= 0.3 is 0 Å². The fourth-order valence-electron chi connectivity index (χ4n) is 2.53. The summed E-state index contributed by atoms with van der Waals surface area (Å²) in [7, 11) is 0. The first-order valence-electron chi connectivity index (χ1n) is 5.79. The molecule has 0 aromatic heterocycles. The van der Waals surface area contributed by atoms with Crippen LogP contribution in [0.4, 0.5) is 5.69 Å². The molecule has 0 aliphatic heterocycles. The zero-order valence-corrected chi connectivity index (χ0v) is 10.2. The molecule has 0 saturated heterocycles. The van der Waals surface area contributed by atoms with Crippen molar-refractivity contribution in [2.45, 2.75) is 31.7 Å². The summed E-state index contributed by atoms with van der Waals surface area (Å²) >= 11 is 5.89. The zero-order chi connectivity index (χ0) is 12.4. The van der Waals surface area contributed by atoms with Gasteiger partial charge in [-0.25, -0.2) is 0 Å². The Morgan fingerprint density at radius 3 is 2.65 bits per heavy atom. The molecule has 1 fully saturated rings. The molecule has 0 bridgehead atoms. The van der Waals surface area contributed by atoms with Gasteiger partial charge in [0.2, 0.25) is 0 Å². The number of nitrogens with two attached hydrogens (primary N) is 1. The van der Waals surface area contributed by atoms with E-state index in [0.29, 0.717) is 16.5 Å². The lowest BCUT2D eigenvalue weighted by molar-refractivity contribution is -0.385. The summed E-state index contributed by atoms with van der Waals surface area (Å²) in [6.07, 6.45) is 4.41. The van der Waals surface area contributed by atoms with Gasteiger partial charge in [-0.2, -0.15) is 0 Å². The van der Waals surface area contributed by atoms with E-state index in [-0.39, 0.29) is 16.7 Å². The third kappa shape index (κ3) is 2.58. The molecule has 4 nitrogen and oxygen atoms in total. The van der Waals surface area contributed by atoms with Gasteiger partial charge in [0.05, 0.1) is 4.92 Å². The molecule has 2 N–H and O–H groups in total. The Kier molecular flexibility index (Phi) is 3.64. The van der Waals surface area contributed by atoms with Crippen molar-refractivity contribution in [2.75, 3.05) is 0 Å². The van der Waals surface area contributed by atoms with Gasteiger partial charge in [-0.1, -0.05) is 24.4 Å². The van der Waals surface area contributed by atoms with E-state index in [1.54, 1.807) is 6.07 Å². The Balaban J connectivity index is 2.34. The number of hydrogen-bond acceptors (Lipinski definition) is 3. The van der Waals surface area contributed by atoms with E-state index >= 15 is 0 Å². The van der Waals surface area contributed by atoms with Crippen molar-refractivity contribution in [3.63, 3.8) is 0 Å². The van der Waals surface area contributed by atoms with Crippen LogP contribution < -0.4 is 5.73 Å². The first-order valence-corrected chi connectivity index (χ1v) is 6.17. The Morgan fingerprint density at radius 1 is 1.41 bits per heavy atom. The highest BCUT2D eigenvalue weighted by Crippen LogP contribution is 2.38. The van der Waals surface area contributed by atoms with Gasteiger partial charge < -0.3 is 5.73 Å². The molecule has 0 unspecified atom stereocenters.